The highest BCUT2D eigenvalue weighted by molar-refractivity contribution is 9.10. The van der Waals surface area contributed by atoms with Crippen molar-refractivity contribution in [1.29, 1.82) is 0 Å². The van der Waals surface area contributed by atoms with E-state index in [2.05, 4.69) is 20.9 Å². The van der Waals surface area contributed by atoms with Crippen LogP contribution in [0.3, 0.4) is 0 Å². The Labute approximate surface area is 113 Å². The first-order valence-electron chi connectivity index (χ1n) is 5.60. The maximum absolute atomic E-state index is 5.75. The maximum Gasteiger partial charge on any atom is 0.199 e. The molecule has 3 nitrogen and oxygen atoms in total. The van der Waals surface area contributed by atoms with E-state index in [0.717, 1.165) is 26.8 Å². The summed E-state index contributed by atoms with van der Waals surface area (Å²) in [6, 6.07) is 13.6. The number of benzene rings is 2. The van der Waals surface area contributed by atoms with Gasteiger partial charge in [-0.25, -0.2) is 4.98 Å². The molecule has 18 heavy (non-hydrogen) atoms. The van der Waals surface area contributed by atoms with Crippen molar-refractivity contribution in [3.8, 4) is 0 Å². The summed E-state index contributed by atoms with van der Waals surface area (Å²) in [4.78, 5) is 4.46. The van der Waals surface area contributed by atoms with Gasteiger partial charge in [0, 0.05) is 16.6 Å². The van der Waals surface area contributed by atoms with Gasteiger partial charge >= 0.3 is 0 Å². The van der Waals surface area contributed by atoms with Gasteiger partial charge in [-0.15, -0.1) is 0 Å². The molecule has 0 bridgehead atoms. The third kappa shape index (κ3) is 2.24. The van der Waals surface area contributed by atoms with E-state index >= 15 is 0 Å². The van der Waals surface area contributed by atoms with Crippen molar-refractivity contribution in [3.05, 3.63) is 58.4 Å². The molecule has 0 spiro atoms. The van der Waals surface area contributed by atoms with E-state index in [1.54, 1.807) is 0 Å². The molecule has 0 atom stereocenters. The lowest BCUT2D eigenvalue weighted by Crippen LogP contribution is -1.90. The first kappa shape index (κ1) is 11.3. The minimum atomic E-state index is 0.650. The van der Waals surface area contributed by atoms with Crippen molar-refractivity contribution in [2.24, 2.45) is 0 Å². The summed E-state index contributed by atoms with van der Waals surface area (Å²) >= 11 is 3.42. The van der Waals surface area contributed by atoms with Gasteiger partial charge in [-0.05, 0) is 35.9 Å². The number of oxazole rings is 1. The first-order valence-corrected chi connectivity index (χ1v) is 6.39. The zero-order valence-corrected chi connectivity index (χ0v) is 11.1. The number of hydrogen-bond acceptors (Lipinski definition) is 3. The van der Waals surface area contributed by atoms with Crippen LogP contribution in [0.25, 0.3) is 11.1 Å². The molecular weight excluding hydrogens is 292 g/mol. The second-order valence-corrected chi connectivity index (χ2v) is 5.06. The lowest BCUT2D eigenvalue weighted by molar-refractivity contribution is 0.544. The fourth-order valence-electron chi connectivity index (χ4n) is 1.90. The van der Waals surface area contributed by atoms with Gasteiger partial charge in [-0.3, -0.25) is 0 Å². The number of nitrogens with two attached hydrogens (primary N) is 1. The fraction of sp³-hybridized carbons (Fsp3) is 0.0714. The molecule has 1 heterocycles. The normalized spacial score (nSPS) is 10.9. The lowest BCUT2D eigenvalue weighted by Gasteiger charge is -1.98. The maximum atomic E-state index is 5.75. The molecule has 0 radical (unpaired) electrons. The third-order valence-electron chi connectivity index (χ3n) is 2.70. The third-order valence-corrected chi connectivity index (χ3v) is 3.19. The number of anilines is 1. The summed E-state index contributed by atoms with van der Waals surface area (Å²) in [6.45, 7) is 0. The Kier molecular flexibility index (Phi) is 2.80. The van der Waals surface area contributed by atoms with Crippen LogP contribution in [0.1, 0.15) is 11.5 Å². The highest BCUT2D eigenvalue weighted by atomic mass is 79.9. The van der Waals surface area contributed by atoms with E-state index in [4.69, 9.17) is 10.2 Å². The van der Waals surface area contributed by atoms with Crippen LogP contribution in [0.4, 0.5) is 5.69 Å². The van der Waals surface area contributed by atoms with Crippen LogP contribution in [-0.4, -0.2) is 4.98 Å². The molecule has 3 aromatic rings. The summed E-state index contributed by atoms with van der Waals surface area (Å²) < 4.78 is 6.69. The number of rotatable bonds is 2. The van der Waals surface area contributed by atoms with Gasteiger partial charge in [0.1, 0.15) is 5.52 Å². The highest BCUT2D eigenvalue weighted by Gasteiger charge is 2.07. The highest BCUT2D eigenvalue weighted by Crippen LogP contribution is 2.22. The fourth-order valence-corrected chi connectivity index (χ4v) is 2.25. The van der Waals surface area contributed by atoms with Crippen LogP contribution in [0.15, 0.2) is 51.4 Å². The number of nitrogens with zero attached hydrogens (tertiary/aromatic N) is 1. The number of fused-ring (bicyclic) bond motifs is 1. The van der Waals surface area contributed by atoms with Crippen molar-refractivity contribution < 1.29 is 4.42 Å². The summed E-state index contributed by atoms with van der Waals surface area (Å²) in [5.41, 5.74) is 9.27. The van der Waals surface area contributed by atoms with Crippen molar-refractivity contribution in [2.75, 3.05) is 5.73 Å². The first-order chi connectivity index (χ1) is 8.70. The molecule has 0 aliphatic carbocycles. The zero-order valence-electron chi connectivity index (χ0n) is 9.56. The predicted octanol–water partition coefficient (Wildman–Crippen LogP) is 3.76. The summed E-state index contributed by atoms with van der Waals surface area (Å²) in [5.74, 6) is 0.703. The van der Waals surface area contributed by atoms with Gasteiger partial charge in [0.25, 0.3) is 0 Å². The minimum absolute atomic E-state index is 0.650. The molecule has 0 saturated heterocycles. The van der Waals surface area contributed by atoms with Crippen molar-refractivity contribution >= 4 is 32.7 Å². The average molecular weight is 303 g/mol. The van der Waals surface area contributed by atoms with E-state index < -0.39 is 0 Å². The van der Waals surface area contributed by atoms with E-state index in [-0.39, 0.29) is 0 Å². The molecule has 1 aromatic heterocycles. The van der Waals surface area contributed by atoms with Gasteiger partial charge in [-0.1, -0.05) is 28.1 Å². The topological polar surface area (TPSA) is 52.0 Å². The smallest absolute Gasteiger partial charge is 0.199 e. The lowest BCUT2D eigenvalue weighted by atomic mass is 10.1. The summed E-state index contributed by atoms with van der Waals surface area (Å²) in [5, 5.41) is 0. The molecule has 2 aromatic carbocycles. The molecule has 90 valence electrons. The molecule has 2 N–H and O–H groups in total. The van der Waals surface area contributed by atoms with E-state index in [0.29, 0.717) is 12.3 Å². The van der Waals surface area contributed by atoms with Gasteiger partial charge in [-0.2, -0.15) is 0 Å². The summed E-state index contributed by atoms with van der Waals surface area (Å²) in [7, 11) is 0. The second kappa shape index (κ2) is 4.46. The molecule has 0 aliphatic heterocycles. The van der Waals surface area contributed by atoms with E-state index in [9.17, 15) is 0 Å². The van der Waals surface area contributed by atoms with E-state index in [1.807, 2.05) is 42.5 Å². The quantitative estimate of drug-likeness (QED) is 0.733. The Bertz CT molecular complexity index is 706. The Hall–Kier alpha value is -1.81. The average Bonchev–Trinajstić information content (AvgIpc) is 2.70. The van der Waals surface area contributed by atoms with Crippen LogP contribution >= 0.6 is 15.9 Å². The Morgan fingerprint density at radius 3 is 2.89 bits per heavy atom. The largest absolute Gasteiger partial charge is 0.440 e. The minimum Gasteiger partial charge on any atom is -0.440 e. The molecule has 4 heteroatoms. The van der Waals surface area contributed by atoms with Gasteiger partial charge < -0.3 is 10.2 Å². The molecule has 3 rings (SSSR count). The van der Waals surface area contributed by atoms with Crippen LogP contribution in [0.2, 0.25) is 0 Å². The number of aromatic nitrogens is 1. The van der Waals surface area contributed by atoms with Crippen LogP contribution in [0.5, 0.6) is 0 Å². The van der Waals surface area contributed by atoms with Crippen molar-refractivity contribution in [1.82, 2.24) is 4.98 Å². The Morgan fingerprint density at radius 2 is 2.06 bits per heavy atom. The van der Waals surface area contributed by atoms with Gasteiger partial charge in [0.2, 0.25) is 0 Å². The molecule has 0 amide bonds. The van der Waals surface area contributed by atoms with Crippen LogP contribution in [-0.2, 0) is 6.42 Å². The molecule has 0 fully saturated rings. The molecule has 0 unspecified atom stereocenters. The Balaban J connectivity index is 1.95. The number of hydrogen-bond donors (Lipinski definition) is 1. The van der Waals surface area contributed by atoms with Crippen LogP contribution in [0, 0.1) is 0 Å². The summed E-state index contributed by atoms with van der Waals surface area (Å²) in [6.07, 6.45) is 0.650. The van der Waals surface area contributed by atoms with Gasteiger partial charge in [0.05, 0.1) is 0 Å². The number of nitrogen functional groups attached to an aromatic ring is 1. The number of halogens is 1. The van der Waals surface area contributed by atoms with Crippen molar-refractivity contribution in [3.63, 3.8) is 0 Å². The molecule has 0 aliphatic rings. The zero-order chi connectivity index (χ0) is 12.5. The SMILES string of the molecule is Nc1cccc(Cc2nc3cc(Br)ccc3o2)c1. The molecular formula is C14H11BrN2O. The predicted molar refractivity (Wildman–Crippen MR) is 75.4 cm³/mol. The standard InChI is InChI=1S/C14H11BrN2O/c15-10-4-5-13-12(8-10)17-14(18-13)7-9-2-1-3-11(16)6-9/h1-6,8H,7,16H2. The second-order valence-electron chi connectivity index (χ2n) is 4.14. The van der Waals surface area contributed by atoms with E-state index in [1.165, 1.54) is 0 Å². The van der Waals surface area contributed by atoms with Gasteiger partial charge in [0.15, 0.2) is 11.5 Å². The van der Waals surface area contributed by atoms with Crippen LogP contribution < -0.4 is 5.73 Å². The Morgan fingerprint density at radius 1 is 1.17 bits per heavy atom. The van der Waals surface area contributed by atoms with Crippen molar-refractivity contribution in [2.45, 2.75) is 6.42 Å². The monoisotopic (exact) mass is 302 g/mol. The molecule has 0 saturated carbocycles.